The van der Waals surface area contributed by atoms with E-state index >= 15 is 0 Å². The number of aromatic nitrogens is 3. The van der Waals surface area contributed by atoms with Gasteiger partial charge in [0.25, 0.3) is 5.69 Å². The van der Waals surface area contributed by atoms with Crippen LogP contribution in [0.15, 0.2) is 30.6 Å². The van der Waals surface area contributed by atoms with Crippen LogP contribution in [0.2, 0.25) is 0 Å². The summed E-state index contributed by atoms with van der Waals surface area (Å²) in [6.45, 7) is 2.24. The lowest BCUT2D eigenvalue weighted by Crippen LogP contribution is -2.15. The smallest absolute Gasteiger partial charge is 0.270 e. The maximum absolute atomic E-state index is 10.7. The fourth-order valence-electron chi connectivity index (χ4n) is 1.62. The number of hydrogen-bond donors (Lipinski definition) is 1. The molecule has 7 nitrogen and oxygen atoms in total. The van der Waals surface area contributed by atoms with Crippen LogP contribution in [0.5, 0.6) is 0 Å². The van der Waals surface area contributed by atoms with Crippen molar-refractivity contribution >= 4 is 5.69 Å². The van der Waals surface area contributed by atoms with Crippen molar-refractivity contribution in [2.75, 3.05) is 0 Å². The minimum absolute atomic E-state index is 0.00226. The summed E-state index contributed by atoms with van der Waals surface area (Å²) >= 11 is 0. The molecule has 0 radical (unpaired) electrons. The number of aliphatic hydroxyl groups excluding tert-OH is 1. The Hall–Kier alpha value is -2.28. The molecule has 1 atom stereocenters. The molecule has 0 fully saturated rings. The first-order valence-corrected chi connectivity index (χ1v) is 5.92. The predicted octanol–water partition coefficient (Wildman–Crippen LogP) is 1.62. The van der Waals surface area contributed by atoms with Crippen LogP contribution < -0.4 is 0 Å². The molecule has 1 N–H and O–H groups in total. The minimum Gasteiger partial charge on any atom is -0.391 e. The van der Waals surface area contributed by atoms with Gasteiger partial charge in [0.2, 0.25) is 0 Å². The summed E-state index contributed by atoms with van der Waals surface area (Å²) < 4.78 is 1.53. The summed E-state index contributed by atoms with van der Waals surface area (Å²) in [5.41, 5.74) is 0.585. The fraction of sp³-hybridized carbons (Fsp3) is 0.333. The van der Waals surface area contributed by atoms with Gasteiger partial charge >= 0.3 is 0 Å². The lowest BCUT2D eigenvalue weighted by atomic mass is 10.2. The standard InChI is InChI=1S/C12H14N4O3/c1-2-11(17)7-15-8-13-12(14-15)9-4-3-5-10(6-9)16(18)19/h3-6,8,11,17H,2,7H2,1H3. The topological polar surface area (TPSA) is 94.1 Å². The average Bonchev–Trinajstić information content (AvgIpc) is 2.87. The number of nitrogens with zero attached hydrogens (tertiary/aromatic N) is 4. The molecule has 2 rings (SSSR count). The Bertz CT molecular complexity index is 582. The summed E-state index contributed by atoms with van der Waals surface area (Å²) in [6.07, 6.45) is 1.67. The van der Waals surface area contributed by atoms with Crippen LogP contribution in [0.3, 0.4) is 0 Å². The van der Waals surface area contributed by atoms with Gasteiger partial charge in [-0.3, -0.25) is 10.1 Å². The van der Waals surface area contributed by atoms with Crippen molar-refractivity contribution in [2.45, 2.75) is 26.0 Å². The molecule has 0 saturated carbocycles. The molecule has 0 aliphatic rings. The first kappa shape index (κ1) is 13.2. The molecule has 0 bridgehead atoms. The van der Waals surface area contributed by atoms with Gasteiger partial charge < -0.3 is 5.11 Å². The van der Waals surface area contributed by atoms with Crippen LogP contribution in [0.25, 0.3) is 11.4 Å². The van der Waals surface area contributed by atoms with E-state index in [2.05, 4.69) is 10.1 Å². The van der Waals surface area contributed by atoms with Crippen LogP contribution in [-0.2, 0) is 6.54 Å². The Balaban J connectivity index is 2.22. The van der Waals surface area contributed by atoms with Gasteiger partial charge in [-0.15, -0.1) is 0 Å². The molecular formula is C12H14N4O3. The second-order valence-corrected chi connectivity index (χ2v) is 4.16. The molecule has 0 aliphatic carbocycles. The van der Waals surface area contributed by atoms with Gasteiger partial charge in [0.1, 0.15) is 6.33 Å². The quantitative estimate of drug-likeness (QED) is 0.652. The van der Waals surface area contributed by atoms with E-state index in [0.29, 0.717) is 24.4 Å². The van der Waals surface area contributed by atoms with Crippen molar-refractivity contribution < 1.29 is 10.0 Å². The number of nitro benzene ring substituents is 1. The zero-order valence-electron chi connectivity index (χ0n) is 10.4. The molecule has 1 heterocycles. The van der Waals surface area contributed by atoms with E-state index in [-0.39, 0.29) is 5.69 Å². The zero-order valence-corrected chi connectivity index (χ0v) is 10.4. The van der Waals surface area contributed by atoms with E-state index in [9.17, 15) is 15.2 Å². The average molecular weight is 262 g/mol. The van der Waals surface area contributed by atoms with Gasteiger partial charge in [-0.05, 0) is 6.42 Å². The van der Waals surface area contributed by atoms with E-state index in [1.165, 1.54) is 23.1 Å². The van der Waals surface area contributed by atoms with E-state index in [4.69, 9.17) is 0 Å². The van der Waals surface area contributed by atoms with Crippen LogP contribution in [0.4, 0.5) is 5.69 Å². The SMILES string of the molecule is CCC(O)Cn1cnc(-c2cccc([N+](=O)[O-])c2)n1. The minimum atomic E-state index is -0.473. The van der Waals surface area contributed by atoms with Crippen molar-refractivity contribution in [1.82, 2.24) is 14.8 Å². The highest BCUT2D eigenvalue weighted by Gasteiger charge is 2.11. The van der Waals surface area contributed by atoms with E-state index in [1.54, 1.807) is 12.1 Å². The zero-order chi connectivity index (χ0) is 13.8. The number of aliphatic hydroxyl groups is 1. The summed E-state index contributed by atoms with van der Waals surface area (Å²) in [5.74, 6) is 0.409. The number of hydrogen-bond acceptors (Lipinski definition) is 5. The molecule has 1 aromatic carbocycles. The van der Waals surface area contributed by atoms with Crippen molar-refractivity contribution in [3.05, 3.63) is 40.7 Å². The Morgan fingerprint density at radius 1 is 1.53 bits per heavy atom. The van der Waals surface area contributed by atoms with Gasteiger partial charge in [-0.1, -0.05) is 19.1 Å². The van der Waals surface area contributed by atoms with Crippen molar-refractivity contribution in [2.24, 2.45) is 0 Å². The highest BCUT2D eigenvalue weighted by Crippen LogP contribution is 2.20. The van der Waals surface area contributed by atoms with Gasteiger partial charge in [0, 0.05) is 17.7 Å². The highest BCUT2D eigenvalue weighted by molar-refractivity contribution is 5.58. The summed E-state index contributed by atoms with van der Waals surface area (Å²) in [5, 5.41) is 24.4. The summed E-state index contributed by atoms with van der Waals surface area (Å²) in [6, 6.07) is 6.15. The normalized spacial score (nSPS) is 12.3. The van der Waals surface area contributed by atoms with E-state index in [1.807, 2.05) is 6.92 Å². The Labute approximate surface area is 109 Å². The third-order valence-corrected chi connectivity index (χ3v) is 2.72. The third kappa shape index (κ3) is 3.14. The fourth-order valence-corrected chi connectivity index (χ4v) is 1.62. The molecule has 0 spiro atoms. The van der Waals surface area contributed by atoms with Gasteiger partial charge in [-0.2, -0.15) is 5.10 Å². The van der Waals surface area contributed by atoms with Gasteiger partial charge in [0.15, 0.2) is 5.82 Å². The molecule has 7 heteroatoms. The molecular weight excluding hydrogens is 248 g/mol. The van der Waals surface area contributed by atoms with Crippen LogP contribution >= 0.6 is 0 Å². The monoisotopic (exact) mass is 262 g/mol. The predicted molar refractivity (Wildman–Crippen MR) is 68.4 cm³/mol. The third-order valence-electron chi connectivity index (χ3n) is 2.72. The largest absolute Gasteiger partial charge is 0.391 e. The maximum atomic E-state index is 10.7. The van der Waals surface area contributed by atoms with Gasteiger partial charge in [-0.25, -0.2) is 9.67 Å². The summed E-state index contributed by atoms with van der Waals surface area (Å²) in [4.78, 5) is 14.3. The van der Waals surface area contributed by atoms with Crippen LogP contribution in [-0.4, -0.2) is 30.9 Å². The number of nitro groups is 1. The second kappa shape index (κ2) is 5.57. The highest BCUT2D eigenvalue weighted by atomic mass is 16.6. The van der Waals surface area contributed by atoms with Crippen LogP contribution in [0, 0.1) is 10.1 Å². The molecule has 1 unspecified atom stereocenters. The molecule has 19 heavy (non-hydrogen) atoms. The molecule has 0 amide bonds. The number of benzene rings is 1. The Kier molecular flexibility index (Phi) is 3.86. The molecule has 2 aromatic rings. The van der Waals surface area contributed by atoms with Gasteiger partial charge in [0.05, 0.1) is 17.6 Å². The summed E-state index contributed by atoms with van der Waals surface area (Å²) in [7, 11) is 0. The first-order chi connectivity index (χ1) is 9.10. The number of non-ortho nitro benzene ring substituents is 1. The van der Waals surface area contributed by atoms with Crippen molar-refractivity contribution in [3.63, 3.8) is 0 Å². The van der Waals surface area contributed by atoms with E-state index in [0.717, 1.165) is 0 Å². The molecule has 1 aromatic heterocycles. The lowest BCUT2D eigenvalue weighted by molar-refractivity contribution is -0.384. The lowest BCUT2D eigenvalue weighted by Gasteiger charge is -2.05. The van der Waals surface area contributed by atoms with Crippen molar-refractivity contribution in [3.8, 4) is 11.4 Å². The molecule has 0 aliphatic heterocycles. The van der Waals surface area contributed by atoms with E-state index < -0.39 is 11.0 Å². The maximum Gasteiger partial charge on any atom is 0.270 e. The van der Waals surface area contributed by atoms with Crippen molar-refractivity contribution in [1.29, 1.82) is 0 Å². The molecule has 100 valence electrons. The second-order valence-electron chi connectivity index (χ2n) is 4.16. The number of rotatable bonds is 5. The Morgan fingerprint density at radius 2 is 2.32 bits per heavy atom. The first-order valence-electron chi connectivity index (χ1n) is 5.92. The Morgan fingerprint density at radius 3 is 3.00 bits per heavy atom. The van der Waals surface area contributed by atoms with Crippen LogP contribution in [0.1, 0.15) is 13.3 Å². The molecule has 0 saturated heterocycles.